The van der Waals surface area contributed by atoms with Gasteiger partial charge in [0, 0.05) is 12.8 Å². The Morgan fingerprint density at radius 3 is 1.38 bits per heavy atom. The Morgan fingerprint density at radius 2 is 1.19 bits per heavy atom. The third-order valence-corrected chi connectivity index (χ3v) is 2.19. The Kier molecular flexibility index (Phi) is 5.85. The number of aliphatic hydroxyl groups is 2. The van der Waals surface area contributed by atoms with E-state index in [0.29, 0.717) is 11.1 Å². The van der Waals surface area contributed by atoms with Gasteiger partial charge in [0.05, 0.1) is 12.2 Å². The van der Waals surface area contributed by atoms with Crippen LogP contribution < -0.4 is 0 Å². The Hall–Kier alpha value is -1.26. The van der Waals surface area contributed by atoms with E-state index in [4.69, 9.17) is 0 Å². The fourth-order valence-electron chi connectivity index (χ4n) is 1.00. The van der Waals surface area contributed by atoms with E-state index in [1.165, 1.54) is 13.8 Å². The van der Waals surface area contributed by atoms with Gasteiger partial charge in [0.1, 0.15) is 0 Å². The normalized spacial score (nSPS) is 14.0. The molecule has 2 N–H and O–H groups in total. The molecule has 16 heavy (non-hydrogen) atoms. The van der Waals surface area contributed by atoms with Crippen molar-refractivity contribution >= 4 is 11.6 Å². The lowest BCUT2D eigenvalue weighted by Crippen LogP contribution is -2.30. The van der Waals surface area contributed by atoms with E-state index < -0.39 is 12.2 Å². The van der Waals surface area contributed by atoms with Gasteiger partial charge < -0.3 is 10.2 Å². The zero-order valence-corrected chi connectivity index (χ0v) is 9.69. The molecule has 0 aromatic heterocycles. The fraction of sp³-hybridized carbons (Fsp3) is 0.500. The zero-order valence-electron chi connectivity index (χ0n) is 9.69. The second-order valence-corrected chi connectivity index (χ2v) is 3.95. The Labute approximate surface area is 95.3 Å². The third-order valence-electron chi connectivity index (χ3n) is 2.19. The first-order valence-corrected chi connectivity index (χ1v) is 4.99. The number of allylic oxidation sites excluding steroid dienone is 2. The first-order chi connectivity index (χ1) is 7.25. The van der Waals surface area contributed by atoms with Gasteiger partial charge >= 0.3 is 0 Å². The van der Waals surface area contributed by atoms with E-state index in [9.17, 15) is 19.8 Å². The average Bonchev–Trinajstić information content (AvgIpc) is 2.16. The van der Waals surface area contributed by atoms with Crippen LogP contribution in [-0.2, 0) is 9.59 Å². The summed E-state index contributed by atoms with van der Waals surface area (Å²) in [5.41, 5.74) is 0.634. The fourth-order valence-corrected chi connectivity index (χ4v) is 1.00. The summed E-state index contributed by atoms with van der Waals surface area (Å²) in [6.45, 7) is 9.92. The van der Waals surface area contributed by atoms with Crippen LogP contribution in [0.3, 0.4) is 0 Å². The lowest BCUT2D eigenvalue weighted by molar-refractivity contribution is -0.123. The first-order valence-electron chi connectivity index (χ1n) is 4.99. The molecule has 0 amide bonds. The second kappa shape index (κ2) is 6.35. The minimum atomic E-state index is -1.24. The molecule has 4 nitrogen and oxygen atoms in total. The average molecular weight is 226 g/mol. The molecule has 0 radical (unpaired) electrons. The van der Waals surface area contributed by atoms with Gasteiger partial charge in [0.15, 0.2) is 11.6 Å². The van der Waals surface area contributed by atoms with E-state index >= 15 is 0 Å². The smallest absolute Gasteiger partial charge is 0.160 e. The van der Waals surface area contributed by atoms with Crippen LogP contribution >= 0.6 is 0 Å². The highest BCUT2D eigenvalue weighted by molar-refractivity contribution is 5.95. The standard InChI is InChI=1S/C12H18O4/c1-7(2)9(13)5-11(15)12(16)6-10(14)8(3)4/h11-12,15-16H,1,3,5-6H2,2,4H3. The number of Topliss-reactive ketones (excluding diaryl/α,β-unsaturated/α-hetero) is 2. The van der Waals surface area contributed by atoms with Crippen molar-refractivity contribution in [1.29, 1.82) is 0 Å². The summed E-state index contributed by atoms with van der Waals surface area (Å²) in [7, 11) is 0. The van der Waals surface area contributed by atoms with Crippen LogP contribution in [0.4, 0.5) is 0 Å². The molecule has 0 fully saturated rings. The van der Waals surface area contributed by atoms with E-state index in [2.05, 4.69) is 13.2 Å². The summed E-state index contributed by atoms with van der Waals surface area (Å²) in [4.78, 5) is 22.4. The highest BCUT2D eigenvalue weighted by Gasteiger charge is 2.22. The van der Waals surface area contributed by atoms with Gasteiger partial charge in [-0.05, 0) is 25.0 Å². The molecule has 0 aromatic rings. The number of carbonyl (C=O) groups is 2. The van der Waals surface area contributed by atoms with Crippen LogP contribution in [0.25, 0.3) is 0 Å². The predicted molar refractivity (Wildman–Crippen MR) is 60.9 cm³/mol. The van der Waals surface area contributed by atoms with Gasteiger partial charge in [-0.25, -0.2) is 0 Å². The van der Waals surface area contributed by atoms with E-state index in [1.54, 1.807) is 0 Å². The maximum Gasteiger partial charge on any atom is 0.160 e. The van der Waals surface area contributed by atoms with Crippen molar-refractivity contribution in [2.45, 2.75) is 38.9 Å². The number of hydrogen-bond acceptors (Lipinski definition) is 4. The summed E-state index contributed by atoms with van der Waals surface area (Å²) < 4.78 is 0. The third kappa shape index (κ3) is 5.00. The van der Waals surface area contributed by atoms with Crippen LogP contribution in [0.5, 0.6) is 0 Å². The molecule has 4 heteroatoms. The first kappa shape index (κ1) is 14.7. The molecule has 2 atom stereocenters. The van der Waals surface area contributed by atoms with Gasteiger partial charge in [-0.1, -0.05) is 13.2 Å². The van der Waals surface area contributed by atoms with Crippen molar-refractivity contribution in [3.05, 3.63) is 24.3 Å². The Bertz CT molecular complexity index is 285. The SMILES string of the molecule is C=C(C)C(=O)CC(O)C(O)CC(=O)C(=C)C. The minimum Gasteiger partial charge on any atom is -0.390 e. The lowest BCUT2D eigenvalue weighted by atomic mass is 9.99. The molecule has 0 aliphatic rings. The number of aliphatic hydroxyl groups excluding tert-OH is 2. The van der Waals surface area contributed by atoms with E-state index in [0.717, 1.165) is 0 Å². The van der Waals surface area contributed by atoms with Crippen molar-refractivity contribution in [1.82, 2.24) is 0 Å². The quantitative estimate of drug-likeness (QED) is 0.629. The zero-order chi connectivity index (χ0) is 12.9. The summed E-state index contributed by atoms with van der Waals surface area (Å²) >= 11 is 0. The molecule has 0 aliphatic heterocycles. The molecule has 90 valence electrons. The number of hydrogen-bond donors (Lipinski definition) is 2. The number of rotatable bonds is 7. The largest absolute Gasteiger partial charge is 0.390 e. The molecule has 0 aromatic carbocycles. The summed E-state index contributed by atoms with van der Waals surface area (Å²) in [5.74, 6) is -0.649. The van der Waals surface area contributed by atoms with Gasteiger partial charge in [-0.15, -0.1) is 0 Å². The maximum atomic E-state index is 11.2. The van der Waals surface area contributed by atoms with E-state index in [-0.39, 0.29) is 24.4 Å². The summed E-state index contributed by atoms with van der Waals surface area (Å²) in [5, 5.41) is 18.9. The van der Waals surface area contributed by atoms with Gasteiger partial charge in [-0.2, -0.15) is 0 Å². The van der Waals surface area contributed by atoms with Gasteiger partial charge in [-0.3, -0.25) is 9.59 Å². The Morgan fingerprint density at radius 1 is 0.938 bits per heavy atom. The number of carbonyl (C=O) groups excluding carboxylic acids is 2. The summed E-state index contributed by atoms with van der Waals surface area (Å²) in [6, 6.07) is 0. The van der Waals surface area contributed by atoms with Crippen molar-refractivity contribution < 1.29 is 19.8 Å². The monoisotopic (exact) mass is 226 g/mol. The van der Waals surface area contributed by atoms with Gasteiger partial charge in [0.25, 0.3) is 0 Å². The molecule has 0 heterocycles. The van der Waals surface area contributed by atoms with Gasteiger partial charge in [0.2, 0.25) is 0 Å². The second-order valence-electron chi connectivity index (χ2n) is 3.95. The van der Waals surface area contributed by atoms with Crippen LogP contribution in [0.15, 0.2) is 24.3 Å². The van der Waals surface area contributed by atoms with Crippen molar-refractivity contribution in [3.8, 4) is 0 Å². The molecule has 0 rings (SSSR count). The molecule has 2 unspecified atom stereocenters. The van der Waals surface area contributed by atoms with Crippen LogP contribution in [0.2, 0.25) is 0 Å². The highest BCUT2D eigenvalue weighted by atomic mass is 16.3. The molecule has 0 saturated heterocycles. The van der Waals surface area contributed by atoms with Crippen molar-refractivity contribution in [2.24, 2.45) is 0 Å². The van der Waals surface area contributed by atoms with Crippen molar-refractivity contribution in [2.75, 3.05) is 0 Å². The lowest BCUT2D eigenvalue weighted by Gasteiger charge is -2.16. The molecule has 0 saturated carbocycles. The van der Waals surface area contributed by atoms with Crippen LogP contribution in [0, 0.1) is 0 Å². The molecule has 0 aliphatic carbocycles. The maximum absolute atomic E-state index is 11.2. The highest BCUT2D eigenvalue weighted by Crippen LogP contribution is 2.09. The summed E-state index contributed by atoms with van der Waals surface area (Å²) in [6.07, 6.45) is -2.93. The number of ketones is 2. The van der Waals surface area contributed by atoms with Crippen LogP contribution in [0.1, 0.15) is 26.7 Å². The molecular weight excluding hydrogens is 208 g/mol. The van der Waals surface area contributed by atoms with E-state index in [1.807, 2.05) is 0 Å². The van der Waals surface area contributed by atoms with Crippen LogP contribution in [-0.4, -0.2) is 34.0 Å². The minimum absolute atomic E-state index is 0.222. The van der Waals surface area contributed by atoms with Crippen molar-refractivity contribution in [3.63, 3.8) is 0 Å². The molecule has 0 spiro atoms. The molecule has 0 bridgehead atoms. The Balaban J connectivity index is 4.24. The topological polar surface area (TPSA) is 74.6 Å². The molecular formula is C12H18O4. The predicted octanol–water partition coefficient (Wildman–Crippen LogP) is 0.779.